The summed E-state index contributed by atoms with van der Waals surface area (Å²) in [5.74, 6) is -0.731. The third-order valence-corrected chi connectivity index (χ3v) is 4.85. The number of hydrogen-bond donors (Lipinski definition) is 1. The van der Waals surface area contributed by atoms with Gasteiger partial charge in [-0.15, -0.1) is 0 Å². The molecule has 0 aliphatic heterocycles. The lowest BCUT2D eigenvalue weighted by Gasteiger charge is -2.45. The maximum Gasteiger partial charge on any atom is 0.313 e. The smallest absolute Gasteiger partial charge is 0.313 e. The van der Waals surface area contributed by atoms with Crippen LogP contribution in [0.25, 0.3) is 0 Å². The van der Waals surface area contributed by atoms with Crippen LogP contribution in [0.4, 0.5) is 0 Å². The second kappa shape index (κ2) is 5.43. The molecular weight excluding hydrogens is 272 g/mol. The SMILES string of the molecule is CC1(C)CC(n2ccnc2SCC(=O)O)CC(C)(C)C1. The zero-order valence-corrected chi connectivity index (χ0v) is 13.5. The van der Waals surface area contributed by atoms with Crippen molar-refractivity contribution in [1.82, 2.24) is 9.55 Å². The van der Waals surface area contributed by atoms with Crippen LogP contribution in [-0.2, 0) is 4.79 Å². The third-order valence-electron chi connectivity index (χ3n) is 3.88. The molecule has 1 fully saturated rings. The molecular formula is C15H24N2O2S. The zero-order valence-electron chi connectivity index (χ0n) is 12.7. The highest BCUT2D eigenvalue weighted by atomic mass is 32.2. The summed E-state index contributed by atoms with van der Waals surface area (Å²) >= 11 is 1.31. The van der Waals surface area contributed by atoms with Crippen LogP contribution < -0.4 is 0 Å². The van der Waals surface area contributed by atoms with Gasteiger partial charge in [0.1, 0.15) is 0 Å². The molecule has 0 unspecified atom stereocenters. The average Bonchev–Trinajstić information content (AvgIpc) is 2.69. The largest absolute Gasteiger partial charge is 0.481 e. The molecule has 0 spiro atoms. The van der Waals surface area contributed by atoms with Crippen LogP contribution in [0, 0.1) is 10.8 Å². The fraction of sp³-hybridized carbons (Fsp3) is 0.733. The predicted octanol–water partition coefficient (Wildman–Crippen LogP) is 3.84. The number of carboxylic acid groups (broad SMARTS) is 1. The summed E-state index contributed by atoms with van der Waals surface area (Å²) in [5.41, 5.74) is 0.622. The van der Waals surface area contributed by atoms with E-state index in [9.17, 15) is 4.79 Å². The Bertz CT molecular complexity index is 478. The number of carbonyl (C=O) groups is 1. The second-order valence-electron chi connectivity index (χ2n) is 7.37. The zero-order chi connectivity index (χ0) is 15.0. The Labute approximate surface area is 125 Å². The topological polar surface area (TPSA) is 55.1 Å². The van der Waals surface area contributed by atoms with Gasteiger partial charge >= 0.3 is 5.97 Å². The Morgan fingerprint density at radius 3 is 2.55 bits per heavy atom. The Kier molecular flexibility index (Phi) is 4.19. The highest BCUT2D eigenvalue weighted by molar-refractivity contribution is 7.99. The number of aromatic nitrogens is 2. The molecule has 1 aliphatic rings. The lowest BCUT2D eigenvalue weighted by molar-refractivity contribution is -0.133. The minimum atomic E-state index is -0.797. The molecule has 1 heterocycles. The molecule has 1 N–H and O–H groups in total. The molecule has 1 saturated carbocycles. The van der Waals surface area contributed by atoms with Gasteiger partial charge in [0.2, 0.25) is 0 Å². The van der Waals surface area contributed by atoms with E-state index in [2.05, 4.69) is 37.2 Å². The summed E-state index contributed by atoms with van der Waals surface area (Å²) in [6.07, 6.45) is 7.23. The van der Waals surface area contributed by atoms with Gasteiger partial charge < -0.3 is 9.67 Å². The van der Waals surface area contributed by atoms with Gasteiger partial charge in [-0.3, -0.25) is 4.79 Å². The summed E-state index contributed by atoms with van der Waals surface area (Å²) < 4.78 is 2.18. The molecule has 0 radical (unpaired) electrons. The summed E-state index contributed by atoms with van der Waals surface area (Å²) in [4.78, 5) is 15.1. The van der Waals surface area contributed by atoms with Gasteiger partial charge in [-0.25, -0.2) is 4.98 Å². The first-order valence-electron chi connectivity index (χ1n) is 7.06. The predicted molar refractivity (Wildman–Crippen MR) is 81.0 cm³/mol. The maximum atomic E-state index is 10.7. The molecule has 0 saturated heterocycles. The number of thioether (sulfide) groups is 1. The van der Waals surface area contributed by atoms with E-state index < -0.39 is 5.97 Å². The van der Waals surface area contributed by atoms with Crippen molar-refractivity contribution < 1.29 is 9.90 Å². The van der Waals surface area contributed by atoms with E-state index in [0.29, 0.717) is 16.9 Å². The van der Waals surface area contributed by atoms with Crippen LogP contribution in [0.1, 0.15) is 53.0 Å². The summed E-state index contributed by atoms with van der Waals surface area (Å²) in [6, 6.07) is 0.410. The molecule has 0 aromatic carbocycles. The van der Waals surface area contributed by atoms with Crippen LogP contribution in [0.3, 0.4) is 0 Å². The van der Waals surface area contributed by atoms with E-state index in [1.54, 1.807) is 6.20 Å². The maximum absolute atomic E-state index is 10.7. The number of carboxylic acids is 1. The van der Waals surface area contributed by atoms with Crippen molar-refractivity contribution in [2.24, 2.45) is 10.8 Å². The number of imidazole rings is 1. The molecule has 0 bridgehead atoms. The van der Waals surface area contributed by atoms with Gasteiger partial charge in [-0.1, -0.05) is 39.5 Å². The molecule has 20 heavy (non-hydrogen) atoms. The quantitative estimate of drug-likeness (QED) is 0.858. The minimum absolute atomic E-state index is 0.0660. The lowest BCUT2D eigenvalue weighted by atomic mass is 9.63. The Morgan fingerprint density at radius 2 is 2.00 bits per heavy atom. The van der Waals surface area contributed by atoms with Crippen molar-refractivity contribution in [3.05, 3.63) is 12.4 Å². The average molecular weight is 296 g/mol. The van der Waals surface area contributed by atoms with Gasteiger partial charge in [0, 0.05) is 18.4 Å². The van der Waals surface area contributed by atoms with Crippen LogP contribution >= 0.6 is 11.8 Å². The Morgan fingerprint density at radius 1 is 1.40 bits per heavy atom. The number of nitrogens with zero attached hydrogens (tertiary/aromatic N) is 2. The van der Waals surface area contributed by atoms with Gasteiger partial charge in [0.25, 0.3) is 0 Å². The minimum Gasteiger partial charge on any atom is -0.481 e. The summed E-state index contributed by atoms with van der Waals surface area (Å²) in [6.45, 7) is 9.29. The Hall–Kier alpha value is -0.970. The molecule has 5 heteroatoms. The fourth-order valence-electron chi connectivity index (χ4n) is 3.80. The molecule has 1 aromatic heterocycles. The second-order valence-corrected chi connectivity index (χ2v) is 8.31. The number of rotatable bonds is 4. The van der Waals surface area contributed by atoms with Gasteiger partial charge in [0.05, 0.1) is 5.75 Å². The van der Waals surface area contributed by atoms with Crippen LogP contribution in [0.15, 0.2) is 17.6 Å². The van der Waals surface area contributed by atoms with Crippen molar-refractivity contribution in [3.63, 3.8) is 0 Å². The van der Waals surface area contributed by atoms with E-state index in [0.717, 1.165) is 18.0 Å². The van der Waals surface area contributed by atoms with E-state index >= 15 is 0 Å². The standard InChI is InChI=1S/C15H24N2O2S/c1-14(2)7-11(8-15(3,4)10-14)17-6-5-16-13(17)20-9-12(18)19/h5-6,11H,7-10H2,1-4H3,(H,18,19). The summed E-state index contributed by atoms with van der Waals surface area (Å²) in [5, 5.41) is 9.65. The third kappa shape index (κ3) is 3.78. The molecule has 1 aromatic rings. The van der Waals surface area contributed by atoms with Crippen LogP contribution in [0.5, 0.6) is 0 Å². The normalized spacial score (nSPS) is 21.8. The van der Waals surface area contributed by atoms with Crippen LogP contribution in [0.2, 0.25) is 0 Å². The van der Waals surface area contributed by atoms with Gasteiger partial charge in [-0.2, -0.15) is 0 Å². The van der Waals surface area contributed by atoms with Gasteiger partial charge in [0.15, 0.2) is 5.16 Å². The highest BCUT2D eigenvalue weighted by Gasteiger charge is 2.39. The molecule has 0 atom stereocenters. The van der Waals surface area contributed by atoms with Crippen molar-refractivity contribution in [2.75, 3.05) is 5.75 Å². The van der Waals surface area contributed by atoms with Crippen molar-refractivity contribution in [2.45, 2.75) is 58.2 Å². The van der Waals surface area contributed by atoms with E-state index in [1.165, 1.54) is 18.2 Å². The number of hydrogen-bond acceptors (Lipinski definition) is 3. The monoisotopic (exact) mass is 296 g/mol. The fourth-order valence-corrected chi connectivity index (χ4v) is 4.55. The van der Waals surface area contributed by atoms with Crippen molar-refractivity contribution in [3.8, 4) is 0 Å². The van der Waals surface area contributed by atoms with Crippen molar-refractivity contribution in [1.29, 1.82) is 0 Å². The van der Waals surface area contributed by atoms with E-state index in [1.807, 2.05) is 6.20 Å². The molecule has 0 amide bonds. The molecule has 4 nitrogen and oxygen atoms in total. The van der Waals surface area contributed by atoms with E-state index in [-0.39, 0.29) is 5.75 Å². The first kappa shape index (κ1) is 15.4. The molecule has 112 valence electrons. The van der Waals surface area contributed by atoms with E-state index in [4.69, 9.17) is 5.11 Å². The first-order valence-corrected chi connectivity index (χ1v) is 8.05. The summed E-state index contributed by atoms with van der Waals surface area (Å²) in [7, 11) is 0. The molecule has 1 aliphatic carbocycles. The van der Waals surface area contributed by atoms with Crippen molar-refractivity contribution >= 4 is 17.7 Å². The molecule has 2 rings (SSSR count). The highest BCUT2D eigenvalue weighted by Crippen LogP contribution is 2.50. The van der Waals surface area contributed by atoms with Gasteiger partial charge in [-0.05, 0) is 30.1 Å². The first-order chi connectivity index (χ1) is 9.19. The van der Waals surface area contributed by atoms with Crippen LogP contribution in [-0.4, -0.2) is 26.4 Å². The lowest BCUT2D eigenvalue weighted by Crippen LogP contribution is -2.35. The number of aliphatic carboxylic acids is 1. The Balaban J connectivity index is 2.18.